The number of hydrogen-bond donors (Lipinski definition) is 0. The summed E-state index contributed by atoms with van der Waals surface area (Å²) in [5.74, 6) is 1.74. The van der Waals surface area contributed by atoms with Gasteiger partial charge in [0.2, 0.25) is 0 Å². The molecule has 254 valence electrons. The highest BCUT2D eigenvalue weighted by molar-refractivity contribution is 5.88. The van der Waals surface area contributed by atoms with Crippen LogP contribution in [-0.4, -0.2) is 74.0 Å². The molecule has 0 atom stereocenters. The number of rotatable bonds is 7. The third-order valence-corrected chi connectivity index (χ3v) is 8.65. The monoisotopic (exact) mass is 653 g/mol. The van der Waals surface area contributed by atoms with Crippen molar-refractivity contribution in [1.82, 2.24) is 24.5 Å². The number of piperidine rings is 1. The van der Waals surface area contributed by atoms with Crippen LogP contribution in [0.2, 0.25) is 0 Å². The van der Waals surface area contributed by atoms with Crippen LogP contribution in [0.1, 0.15) is 84.3 Å². The predicted molar refractivity (Wildman–Crippen MR) is 186 cm³/mol. The fourth-order valence-electron chi connectivity index (χ4n) is 6.01. The molecule has 2 amide bonds. The molecule has 6 rings (SSSR count). The summed E-state index contributed by atoms with van der Waals surface area (Å²) in [5, 5.41) is 4.77. The highest BCUT2D eigenvalue weighted by Gasteiger charge is 2.33. The maximum Gasteiger partial charge on any atom is 0.416 e. The number of benzene rings is 1. The largest absolute Gasteiger partial charge is 0.444 e. The van der Waals surface area contributed by atoms with E-state index in [1.54, 1.807) is 20.5 Å². The van der Waals surface area contributed by atoms with Crippen molar-refractivity contribution in [3.8, 4) is 11.3 Å². The lowest BCUT2D eigenvalue weighted by Crippen LogP contribution is -2.47. The fraction of sp³-hybridized carbons (Fsp3) is 0.486. The van der Waals surface area contributed by atoms with Gasteiger partial charge in [-0.05, 0) is 90.8 Å². The van der Waals surface area contributed by atoms with Gasteiger partial charge >= 0.3 is 12.2 Å². The molecule has 0 spiro atoms. The lowest BCUT2D eigenvalue weighted by Gasteiger charge is -2.38. The Morgan fingerprint density at radius 1 is 0.917 bits per heavy atom. The Morgan fingerprint density at radius 2 is 1.60 bits per heavy atom. The summed E-state index contributed by atoms with van der Waals surface area (Å²) in [4.78, 5) is 41.9. The number of nitrogens with zero attached hydrogens (tertiary/aromatic N) is 7. The molecular weight excluding hydrogens is 606 g/mol. The molecule has 1 aliphatic carbocycles. The number of carbonyl (C=O) groups is 2. The molecule has 1 aromatic carbocycles. The van der Waals surface area contributed by atoms with Crippen molar-refractivity contribution in [1.29, 1.82) is 0 Å². The standard InChI is InChI=1S/C37H47N7O4/c1-36(2,3)47-34(45)42-20-17-28(18-21-42)41(7)31-22-32(44-33(40-31)29(23-39-44)26-15-16-26)43(35(46)48-37(4,5)6)24-25-11-13-27(14-12-25)30-10-8-9-19-38-30/h8-14,19,22-23,26,28H,15-18,20-21,24H2,1-7H3. The second kappa shape index (κ2) is 13.1. The number of aromatic nitrogens is 4. The molecule has 0 radical (unpaired) electrons. The number of anilines is 2. The van der Waals surface area contributed by atoms with Crippen molar-refractivity contribution in [2.45, 2.75) is 96.9 Å². The van der Waals surface area contributed by atoms with Crippen molar-refractivity contribution in [3.05, 3.63) is 72.1 Å². The van der Waals surface area contributed by atoms with E-state index in [1.165, 1.54) is 0 Å². The lowest BCUT2D eigenvalue weighted by molar-refractivity contribution is 0.0205. The van der Waals surface area contributed by atoms with E-state index < -0.39 is 17.3 Å². The maximum absolute atomic E-state index is 14.0. The molecule has 4 aromatic rings. The van der Waals surface area contributed by atoms with E-state index in [-0.39, 0.29) is 18.7 Å². The Hall–Kier alpha value is -4.67. The van der Waals surface area contributed by atoms with Gasteiger partial charge in [-0.25, -0.2) is 14.6 Å². The van der Waals surface area contributed by atoms with Crippen LogP contribution in [0.15, 0.2) is 60.9 Å². The molecule has 1 saturated carbocycles. The zero-order valence-electron chi connectivity index (χ0n) is 29.1. The van der Waals surface area contributed by atoms with Crippen LogP contribution in [0.4, 0.5) is 21.2 Å². The second-order valence-corrected chi connectivity index (χ2v) is 14.9. The summed E-state index contributed by atoms with van der Waals surface area (Å²) in [6, 6.07) is 16.0. The average Bonchev–Trinajstić information content (AvgIpc) is 3.80. The minimum Gasteiger partial charge on any atom is -0.444 e. The number of hydrogen-bond acceptors (Lipinski definition) is 8. The van der Waals surface area contributed by atoms with Crippen molar-refractivity contribution >= 4 is 29.5 Å². The minimum absolute atomic E-state index is 0.146. The number of amides is 2. The fourth-order valence-corrected chi connectivity index (χ4v) is 6.01. The molecule has 1 saturated heterocycles. The highest BCUT2D eigenvalue weighted by Crippen LogP contribution is 2.42. The maximum atomic E-state index is 14.0. The molecular formula is C37H47N7O4. The Morgan fingerprint density at radius 3 is 2.21 bits per heavy atom. The number of pyridine rings is 1. The van der Waals surface area contributed by atoms with E-state index in [9.17, 15) is 9.59 Å². The van der Waals surface area contributed by atoms with E-state index in [1.807, 2.05) is 103 Å². The summed E-state index contributed by atoms with van der Waals surface area (Å²) in [6.07, 6.45) is 6.66. The van der Waals surface area contributed by atoms with Crippen LogP contribution in [0.3, 0.4) is 0 Å². The van der Waals surface area contributed by atoms with Crippen LogP contribution >= 0.6 is 0 Å². The van der Waals surface area contributed by atoms with Gasteiger partial charge in [0.05, 0.1) is 18.4 Å². The van der Waals surface area contributed by atoms with Gasteiger partial charge in [0.15, 0.2) is 5.65 Å². The lowest BCUT2D eigenvalue weighted by atomic mass is 10.0. The minimum atomic E-state index is -0.699. The first kappa shape index (κ1) is 33.2. The van der Waals surface area contributed by atoms with Crippen molar-refractivity contribution < 1.29 is 19.1 Å². The van der Waals surface area contributed by atoms with E-state index >= 15 is 0 Å². The van der Waals surface area contributed by atoms with Gasteiger partial charge in [-0.15, -0.1) is 0 Å². The van der Waals surface area contributed by atoms with Crippen molar-refractivity contribution in [3.63, 3.8) is 0 Å². The number of fused-ring (bicyclic) bond motifs is 1. The molecule has 0 unspecified atom stereocenters. The summed E-state index contributed by atoms with van der Waals surface area (Å²) in [5.41, 5.74) is 3.43. The predicted octanol–water partition coefficient (Wildman–Crippen LogP) is 7.45. The molecule has 3 aromatic heterocycles. The van der Waals surface area contributed by atoms with E-state index in [2.05, 4.69) is 9.88 Å². The highest BCUT2D eigenvalue weighted by atomic mass is 16.6. The van der Waals surface area contributed by atoms with E-state index in [4.69, 9.17) is 19.6 Å². The molecule has 0 N–H and O–H groups in total. The number of carbonyl (C=O) groups excluding carboxylic acids is 2. The molecule has 4 heterocycles. The molecule has 0 bridgehead atoms. The SMILES string of the molecule is CN(c1cc(N(Cc2ccc(-c3ccccn3)cc2)C(=O)OC(C)(C)C)n2ncc(C3CC3)c2n1)C1CCN(C(=O)OC(C)(C)C)CC1. The smallest absolute Gasteiger partial charge is 0.416 e. The van der Waals surface area contributed by atoms with Gasteiger partial charge in [0, 0.05) is 49.6 Å². The van der Waals surface area contributed by atoms with Gasteiger partial charge in [0.25, 0.3) is 0 Å². The van der Waals surface area contributed by atoms with Crippen molar-refractivity contribution in [2.24, 2.45) is 0 Å². The van der Waals surface area contributed by atoms with Gasteiger partial charge in [-0.3, -0.25) is 9.88 Å². The van der Waals surface area contributed by atoms with E-state index in [0.29, 0.717) is 24.8 Å². The molecule has 11 nitrogen and oxygen atoms in total. The van der Waals surface area contributed by atoms with Crippen molar-refractivity contribution in [2.75, 3.05) is 29.9 Å². The first-order valence-electron chi connectivity index (χ1n) is 16.9. The Labute approximate surface area is 282 Å². The third kappa shape index (κ3) is 7.72. The van der Waals surface area contributed by atoms with Crippen LogP contribution in [0.5, 0.6) is 0 Å². The number of likely N-dealkylation sites (tertiary alicyclic amines) is 1. The van der Waals surface area contributed by atoms with Gasteiger partial charge < -0.3 is 19.3 Å². The molecule has 1 aliphatic heterocycles. The zero-order valence-corrected chi connectivity index (χ0v) is 29.1. The van der Waals surface area contributed by atoms with E-state index in [0.717, 1.165) is 59.5 Å². The molecule has 2 aliphatic rings. The summed E-state index contributed by atoms with van der Waals surface area (Å²) in [6.45, 7) is 12.7. The third-order valence-electron chi connectivity index (χ3n) is 8.65. The van der Waals surface area contributed by atoms with Crippen LogP contribution in [-0.2, 0) is 16.0 Å². The van der Waals surface area contributed by atoms with Gasteiger partial charge in [-0.2, -0.15) is 9.61 Å². The first-order valence-corrected chi connectivity index (χ1v) is 16.9. The van der Waals surface area contributed by atoms with Crippen LogP contribution < -0.4 is 9.80 Å². The Bertz CT molecular complexity index is 1750. The van der Waals surface area contributed by atoms with Crippen LogP contribution in [0.25, 0.3) is 16.9 Å². The summed E-state index contributed by atoms with van der Waals surface area (Å²) >= 11 is 0. The normalized spacial score (nSPS) is 15.8. The number of ether oxygens (including phenoxy) is 2. The average molecular weight is 654 g/mol. The Balaban J connectivity index is 1.33. The first-order chi connectivity index (χ1) is 22.8. The second-order valence-electron chi connectivity index (χ2n) is 14.9. The summed E-state index contributed by atoms with van der Waals surface area (Å²) in [7, 11) is 2.04. The molecule has 11 heteroatoms. The zero-order chi connectivity index (χ0) is 34.2. The van der Waals surface area contributed by atoms with Gasteiger partial charge in [-0.1, -0.05) is 30.3 Å². The summed E-state index contributed by atoms with van der Waals surface area (Å²) < 4.78 is 13.4. The molecule has 48 heavy (non-hydrogen) atoms. The topological polar surface area (TPSA) is 105 Å². The molecule has 2 fully saturated rings. The quantitative estimate of drug-likeness (QED) is 0.203. The van der Waals surface area contributed by atoms with Gasteiger partial charge in [0.1, 0.15) is 22.8 Å². The van der Waals surface area contributed by atoms with Crippen LogP contribution in [0, 0.1) is 0 Å². The Kier molecular flexibility index (Phi) is 9.06.